The Hall–Kier alpha value is -3.18. The van der Waals surface area contributed by atoms with Gasteiger partial charge in [-0.2, -0.15) is 0 Å². The molecule has 0 aromatic heterocycles. The molecule has 2 rings (SSSR count). The average Bonchev–Trinajstić information content (AvgIpc) is 2.77. The standard InChI is InChI=1S/C24H30ClN5O2/c1-3-30(4-2)15-19(31)14-29-24(32)17-8-5-16(6-9-17)7-11-21(23(27)28)20-12-10-18(25)13-22(20)26/h5-6,8-10,12-13,19,31H,3-4,14-15,26-28H2,1-2H3,(H,29,32). The predicted octanol–water partition coefficient (Wildman–Crippen LogP) is 1.99. The van der Waals surface area contributed by atoms with Gasteiger partial charge in [-0.1, -0.05) is 43.4 Å². The maximum Gasteiger partial charge on any atom is 0.251 e. The lowest BCUT2D eigenvalue weighted by Gasteiger charge is -2.22. The van der Waals surface area contributed by atoms with E-state index in [2.05, 4.69) is 22.1 Å². The number of nitrogens with zero attached hydrogens (tertiary/aromatic N) is 1. The van der Waals surface area contributed by atoms with Gasteiger partial charge in [0.1, 0.15) is 5.82 Å². The van der Waals surface area contributed by atoms with Crippen LogP contribution < -0.4 is 22.5 Å². The molecular weight excluding hydrogens is 426 g/mol. The molecule has 32 heavy (non-hydrogen) atoms. The molecule has 0 spiro atoms. The number of nitrogens with two attached hydrogens (primary N) is 3. The summed E-state index contributed by atoms with van der Waals surface area (Å²) in [7, 11) is 0. The number of anilines is 1. The summed E-state index contributed by atoms with van der Waals surface area (Å²) in [6.07, 6.45) is -0.628. The number of allylic oxidation sites excluding steroid dienone is 1. The number of amides is 1. The highest BCUT2D eigenvalue weighted by atomic mass is 35.5. The molecule has 8 heteroatoms. The van der Waals surface area contributed by atoms with E-state index >= 15 is 0 Å². The van der Waals surface area contributed by atoms with Gasteiger partial charge >= 0.3 is 0 Å². The van der Waals surface area contributed by atoms with E-state index in [0.717, 1.165) is 13.1 Å². The first-order valence-electron chi connectivity index (χ1n) is 10.4. The second kappa shape index (κ2) is 12.0. The van der Waals surface area contributed by atoms with Crippen LogP contribution in [0.5, 0.6) is 0 Å². The van der Waals surface area contributed by atoms with E-state index in [0.29, 0.717) is 39.5 Å². The summed E-state index contributed by atoms with van der Waals surface area (Å²) in [5.41, 5.74) is 20.2. The molecule has 0 bridgehead atoms. The molecule has 170 valence electrons. The number of likely N-dealkylation sites (N-methyl/N-ethyl adjacent to an activating group) is 1. The Balaban J connectivity index is 2.05. The number of aliphatic hydroxyl groups excluding tert-OH is 1. The van der Waals surface area contributed by atoms with E-state index in [1.807, 2.05) is 13.8 Å². The highest BCUT2D eigenvalue weighted by molar-refractivity contribution is 6.31. The summed E-state index contributed by atoms with van der Waals surface area (Å²) in [6, 6.07) is 11.8. The summed E-state index contributed by atoms with van der Waals surface area (Å²) >= 11 is 5.95. The van der Waals surface area contributed by atoms with Crippen molar-refractivity contribution in [1.82, 2.24) is 10.2 Å². The third-order valence-electron chi connectivity index (χ3n) is 4.91. The van der Waals surface area contributed by atoms with Crippen LogP contribution in [0.4, 0.5) is 5.69 Å². The quantitative estimate of drug-likeness (QED) is 0.305. The molecule has 0 heterocycles. The van der Waals surface area contributed by atoms with Crippen LogP contribution in [0.15, 0.2) is 48.3 Å². The number of hydrogen-bond acceptors (Lipinski definition) is 6. The lowest BCUT2D eigenvalue weighted by Crippen LogP contribution is -2.40. The second-order valence-corrected chi connectivity index (χ2v) is 7.68. The van der Waals surface area contributed by atoms with Crippen molar-refractivity contribution >= 4 is 28.8 Å². The van der Waals surface area contributed by atoms with Crippen LogP contribution in [0, 0.1) is 11.8 Å². The highest BCUT2D eigenvalue weighted by Gasteiger charge is 2.12. The van der Waals surface area contributed by atoms with Crippen molar-refractivity contribution in [3.05, 3.63) is 70.0 Å². The first kappa shape index (κ1) is 25.1. The maximum absolute atomic E-state index is 12.4. The van der Waals surface area contributed by atoms with Crippen LogP contribution in [-0.4, -0.2) is 48.2 Å². The molecule has 0 saturated heterocycles. The zero-order valence-electron chi connectivity index (χ0n) is 18.4. The minimum absolute atomic E-state index is 0.0470. The van der Waals surface area contributed by atoms with Gasteiger partial charge in [-0.05, 0) is 49.5 Å². The maximum atomic E-state index is 12.4. The van der Waals surface area contributed by atoms with Crippen molar-refractivity contribution in [1.29, 1.82) is 0 Å². The van der Waals surface area contributed by atoms with Crippen molar-refractivity contribution in [3.63, 3.8) is 0 Å². The van der Waals surface area contributed by atoms with E-state index in [1.165, 1.54) is 0 Å². The zero-order valence-corrected chi connectivity index (χ0v) is 19.1. The molecule has 0 aliphatic carbocycles. The fourth-order valence-corrected chi connectivity index (χ4v) is 3.23. The van der Waals surface area contributed by atoms with Gasteiger partial charge in [-0.15, -0.1) is 0 Å². The Kier molecular flexibility index (Phi) is 9.41. The monoisotopic (exact) mass is 455 g/mol. The number of benzene rings is 2. The minimum atomic E-state index is -0.628. The summed E-state index contributed by atoms with van der Waals surface area (Å²) in [5.74, 6) is 5.72. The van der Waals surface area contributed by atoms with Crippen LogP contribution in [0.2, 0.25) is 5.02 Å². The van der Waals surface area contributed by atoms with Gasteiger partial charge in [0.2, 0.25) is 0 Å². The van der Waals surface area contributed by atoms with Gasteiger partial charge in [0, 0.05) is 40.5 Å². The minimum Gasteiger partial charge on any atom is -0.398 e. The Morgan fingerprint density at radius 3 is 2.38 bits per heavy atom. The van der Waals surface area contributed by atoms with E-state index in [4.69, 9.17) is 28.8 Å². The molecule has 1 unspecified atom stereocenters. The van der Waals surface area contributed by atoms with Crippen LogP contribution in [0.3, 0.4) is 0 Å². The number of carbonyl (C=O) groups excluding carboxylic acids is 1. The van der Waals surface area contributed by atoms with Gasteiger partial charge < -0.3 is 32.5 Å². The summed E-state index contributed by atoms with van der Waals surface area (Å²) < 4.78 is 0. The van der Waals surface area contributed by atoms with Crippen molar-refractivity contribution in [2.24, 2.45) is 11.5 Å². The molecule has 0 radical (unpaired) electrons. The van der Waals surface area contributed by atoms with E-state index in [1.54, 1.807) is 42.5 Å². The lowest BCUT2D eigenvalue weighted by molar-refractivity contribution is 0.0869. The number of nitrogen functional groups attached to an aromatic ring is 1. The Morgan fingerprint density at radius 1 is 1.16 bits per heavy atom. The number of carbonyl (C=O) groups is 1. The van der Waals surface area contributed by atoms with Gasteiger partial charge in [-0.25, -0.2) is 0 Å². The molecular formula is C24H30ClN5O2. The average molecular weight is 456 g/mol. The molecule has 1 atom stereocenters. The van der Waals surface area contributed by atoms with Crippen LogP contribution in [0.25, 0.3) is 5.57 Å². The van der Waals surface area contributed by atoms with Crippen molar-refractivity contribution in [2.45, 2.75) is 20.0 Å². The van der Waals surface area contributed by atoms with Gasteiger partial charge in [0.15, 0.2) is 0 Å². The van der Waals surface area contributed by atoms with Gasteiger partial charge in [0.05, 0.1) is 11.7 Å². The number of hydrogen-bond donors (Lipinski definition) is 5. The molecule has 7 nitrogen and oxygen atoms in total. The van der Waals surface area contributed by atoms with E-state index < -0.39 is 6.10 Å². The highest BCUT2D eigenvalue weighted by Crippen LogP contribution is 2.25. The Morgan fingerprint density at radius 2 is 1.81 bits per heavy atom. The van der Waals surface area contributed by atoms with Crippen LogP contribution in [0.1, 0.15) is 35.3 Å². The molecule has 1 amide bonds. The molecule has 2 aromatic rings. The number of aliphatic hydroxyl groups is 1. The molecule has 0 saturated carbocycles. The zero-order chi connectivity index (χ0) is 23.7. The largest absolute Gasteiger partial charge is 0.398 e. The molecule has 0 fully saturated rings. The van der Waals surface area contributed by atoms with Crippen molar-refractivity contribution in [2.75, 3.05) is 31.9 Å². The van der Waals surface area contributed by atoms with Gasteiger partial charge in [-0.3, -0.25) is 4.79 Å². The summed E-state index contributed by atoms with van der Waals surface area (Å²) in [5, 5.41) is 13.4. The number of rotatable bonds is 8. The first-order valence-corrected chi connectivity index (χ1v) is 10.7. The Labute approximate surface area is 194 Å². The number of nitrogens with one attached hydrogen (secondary N) is 1. The third kappa shape index (κ3) is 7.20. The number of halogens is 1. The SMILES string of the molecule is CCN(CC)CC(O)CNC(=O)c1ccc(C#CC(=C(N)N)c2ccc(Cl)cc2N)cc1. The van der Waals surface area contributed by atoms with Crippen molar-refractivity contribution < 1.29 is 9.90 Å². The van der Waals surface area contributed by atoms with Gasteiger partial charge in [0.25, 0.3) is 5.91 Å². The molecule has 2 aromatic carbocycles. The topological polar surface area (TPSA) is 131 Å². The summed E-state index contributed by atoms with van der Waals surface area (Å²) in [6.45, 7) is 6.46. The summed E-state index contributed by atoms with van der Waals surface area (Å²) in [4.78, 5) is 14.4. The molecule has 8 N–H and O–H groups in total. The first-order chi connectivity index (χ1) is 15.2. The van der Waals surface area contributed by atoms with E-state index in [9.17, 15) is 9.90 Å². The normalized spacial score (nSPS) is 11.4. The molecule has 0 aliphatic heterocycles. The smallest absolute Gasteiger partial charge is 0.251 e. The predicted molar refractivity (Wildman–Crippen MR) is 131 cm³/mol. The molecule has 0 aliphatic rings. The third-order valence-corrected chi connectivity index (χ3v) is 5.15. The fourth-order valence-electron chi connectivity index (χ4n) is 3.05. The fraction of sp³-hybridized carbons (Fsp3) is 0.292. The second-order valence-electron chi connectivity index (χ2n) is 7.24. The van der Waals surface area contributed by atoms with Crippen LogP contribution in [-0.2, 0) is 0 Å². The van der Waals surface area contributed by atoms with Crippen molar-refractivity contribution in [3.8, 4) is 11.8 Å². The van der Waals surface area contributed by atoms with E-state index in [-0.39, 0.29) is 18.3 Å². The lowest BCUT2D eigenvalue weighted by atomic mass is 10.0. The Bertz CT molecular complexity index is 1020. The van der Waals surface area contributed by atoms with Crippen LogP contribution >= 0.6 is 11.6 Å².